The Morgan fingerprint density at radius 2 is 2.35 bits per heavy atom. The van der Waals surface area contributed by atoms with Crippen molar-refractivity contribution in [3.05, 3.63) is 28.7 Å². The fourth-order valence-corrected chi connectivity index (χ4v) is 3.03. The zero-order chi connectivity index (χ0) is 13.9. The summed E-state index contributed by atoms with van der Waals surface area (Å²) < 4.78 is 5.21. The number of aliphatic hydroxyl groups is 1. The van der Waals surface area contributed by atoms with Crippen LogP contribution in [0.25, 0.3) is 0 Å². The van der Waals surface area contributed by atoms with E-state index in [1.54, 1.807) is 0 Å². The third kappa shape index (κ3) is 2.63. The molecular formula is C15H20N2O3. The average Bonchev–Trinajstić information content (AvgIpc) is 2.90. The molecule has 1 aromatic heterocycles. The largest absolute Gasteiger partial charge is 0.390 e. The summed E-state index contributed by atoms with van der Waals surface area (Å²) in [5, 5.41) is 16.2. The van der Waals surface area contributed by atoms with Crippen molar-refractivity contribution < 1.29 is 14.4 Å². The highest BCUT2D eigenvalue weighted by Gasteiger charge is 2.27. The Morgan fingerprint density at radius 3 is 3.10 bits per heavy atom. The summed E-state index contributed by atoms with van der Waals surface area (Å²) in [6.45, 7) is -0.106. The SMILES string of the molecule is O=C(NC1CCc2onc(CO)c2C1)C1=CCCCC1. The van der Waals surface area contributed by atoms with Crippen LogP contribution in [0.3, 0.4) is 0 Å². The number of nitrogens with zero attached hydrogens (tertiary/aromatic N) is 1. The molecule has 0 aromatic carbocycles. The third-order valence-electron chi connectivity index (χ3n) is 4.19. The van der Waals surface area contributed by atoms with Crippen molar-refractivity contribution in [2.24, 2.45) is 0 Å². The van der Waals surface area contributed by atoms with Gasteiger partial charge in [0.15, 0.2) is 0 Å². The van der Waals surface area contributed by atoms with E-state index in [1.807, 2.05) is 0 Å². The Bertz CT molecular complexity index is 520. The van der Waals surface area contributed by atoms with Gasteiger partial charge in [-0.25, -0.2) is 0 Å². The summed E-state index contributed by atoms with van der Waals surface area (Å²) in [4.78, 5) is 12.2. The zero-order valence-corrected chi connectivity index (χ0v) is 11.5. The van der Waals surface area contributed by atoms with E-state index in [-0.39, 0.29) is 18.6 Å². The van der Waals surface area contributed by atoms with Crippen LogP contribution in [-0.2, 0) is 24.2 Å². The monoisotopic (exact) mass is 276 g/mol. The number of aliphatic hydroxyl groups excluding tert-OH is 1. The van der Waals surface area contributed by atoms with Crippen molar-refractivity contribution in [3.63, 3.8) is 0 Å². The van der Waals surface area contributed by atoms with Crippen LogP contribution in [-0.4, -0.2) is 22.2 Å². The molecule has 3 rings (SSSR count). The van der Waals surface area contributed by atoms with E-state index in [9.17, 15) is 9.90 Å². The Morgan fingerprint density at radius 1 is 1.45 bits per heavy atom. The number of amides is 1. The first-order chi connectivity index (χ1) is 9.78. The molecule has 5 heteroatoms. The lowest BCUT2D eigenvalue weighted by Gasteiger charge is -2.23. The summed E-state index contributed by atoms with van der Waals surface area (Å²) in [5.74, 6) is 0.927. The molecule has 2 aliphatic rings. The average molecular weight is 276 g/mol. The van der Waals surface area contributed by atoms with Crippen molar-refractivity contribution >= 4 is 5.91 Å². The molecule has 1 atom stereocenters. The molecule has 0 spiro atoms. The molecule has 0 saturated carbocycles. The van der Waals surface area contributed by atoms with Crippen molar-refractivity contribution in [1.29, 1.82) is 0 Å². The van der Waals surface area contributed by atoms with E-state index < -0.39 is 0 Å². The van der Waals surface area contributed by atoms with Gasteiger partial charge in [-0.15, -0.1) is 0 Å². The van der Waals surface area contributed by atoms with Gasteiger partial charge in [0.2, 0.25) is 5.91 Å². The van der Waals surface area contributed by atoms with Gasteiger partial charge in [0.1, 0.15) is 11.5 Å². The number of carbonyl (C=O) groups excluding carboxylic acids is 1. The molecule has 2 aliphatic carbocycles. The van der Waals surface area contributed by atoms with Crippen LogP contribution in [0.15, 0.2) is 16.2 Å². The van der Waals surface area contributed by atoms with Crippen LogP contribution in [0.4, 0.5) is 0 Å². The van der Waals surface area contributed by atoms with E-state index in [4.69, 9.17) is 4.52 Å². The van der Waals surface area contributed by atoms with Crippen LogP contribution in [0.1, 0.15) is 49.1 Å². The number of fused-ring (bicyclic) bond motifs is 1. The lowest BCUT2D eigenvalue weighted by molar-refractivity contribution is -0.118. The smallest absolute Gasteiger partial charge is 0.247 e. The predicted octanol–water partition coefficient (Wildman–Crippen LogP) is 1.64. The fraction of sp³-hybridized carbons (Fsp3) is 0.600. The van der Waals surface area contributed by atoms with Crippen LogP contribution >= 0.6 is 0 Å². The fourth-order valence-electron chi connectivity index (χ4n) is 3.03. The molecule has 1 aromatic rings. The molecule has 0 radical (unpaired) electrons. The van der Waals surface area contributed by atoms with Gasteiger partial charge in [-0.2, -0.15) is 0 Å². The van der Waals surface area contributed by atoms with Gasteiger partial charge in [-0.05, 0) is 38.5 Å². The van der Waals surface area contributed by atoms with E-state index in [2.05, 4.69) is 16.5 Å². The van der Waals surface area contributed by atoms with Gasteiger partial charge in [-0.3, -0.25) is 4.79 Å². The number of rotatable bonds is 3. The van der Waals surface area contributed by atoms with Crippen molar-refractivity contribution in [1.82, 2.24) is 10.5 Å². The second kappa shape index (κ2) is 5.79. The first kappa shape index (κ1) is 13.4. The second-order valence-corrected chi connectivity index (χ2v) is 5.58. The van der Waals surface area contributed by atoms with E-state index >= 15 is 0 Å². The van der Waals surface area contributed by atoms with E-state index in [1.165, 1.54) is 6.42 Å². The number of nitrogens with one attached hydrogen (secondary N) is 1. The maximum atomic E-state index is 12.2. The topological polar surface area (TPSA) is 75.4 Å². The number of aryl methyl sites for hydroxylation is 1. The molecule has 108 valence electrons. The van der Waals surface area contributed by atoms with Crippen molar-refractivity contribution in [2.75, 3.05) is 0 Å². The summed E-state index contributed by atoms with van der Waals surface area (Å²) in [6, 6.07) is 0.113. The van der Waals surface area contributed by atoms with Crippen LogP contribution in [0, 0.1) is 0 Å². The molecule has 5 nitrogen and oxygen atoms in total. The maximum Gasteiger partial charge on any atom is 0.247 e. The number of carbonyl (C=O) groups is 1. The van der Waals surface area contributed by atoms with Crippen LogP contribution < -0.4 is 5.32 Å². The second-order valence-electron chi connectivity index (χ2n) is 5.58. The molecule has 0 saturated heterocycles. The molecule has 0 aliphatic heterocycles. The van der Waals surface area contributed by atoms with E-state index in [0.29, 0.717) is 12.1 Å². The highest BCUT2D eigenvalue weighted by molar-refractivity contribution is 5.93. The van der Waals surface area contributed by atoms with Crippen LogP contribution in [0.5, 0.6) is 0 Å². The first-order valence-corrected chi connectivity index (χ1v) is 7.35. The van der Waals surface area contributed by atoms with Gasteiger partial charge in [0, 0.05) is 23.6 Å². The van der Waals surface area contributed by atoms with Crippen LogP contribution in [0.2, 0.25) is 0 Å². The van der Waals surface area contributed by atoms with Gasteiger partial charge >= 0.3 is 0 Å². The predicted molar refractivity (Wildman–Crippen MR) is 72.9 cm³/mol. The van der Waals surface area contributed by atoms with Gasteiger partial charge in [0.25, 0.3) is 0 Å². The Labute approximate surface area is 118 Å². The number of hydrogen-bond acceptors (Lipinski definition) is 4. The molecule has 0 bridgehead atoms. The third-order valence-corrected chi connectivity index (χ3v) is 4.19. The summed E-state index contributed by atoms with van der Waals surface area (Å²) >= 11 is 0. The molecule has 2 N–H and O–H groups in total. The molecule has 0 fully saturated rings. The Balaban J connectivity index is 1.65. The summed E-state index contributed by atoms with van der Waals surface area (Å²) in [6.07, 6.45) is 8.59. The van der Waals surface area contributed by atoms with Crippen molar-refractivity contribution in [3.8, 4) is 0 Å². The summed E-state index contributed by atoms with van der Waals surface area (Å²) in [7, 11) is 0. The molecule has 1 unspecified atom stereocenters. The number of aromatic nitrogens is 1. The number of hydrogen-bond donors (Lipinski definition) is 2. The lowest BCUT2D eigenvalue weighted by Crippen LogP contribution is -2.39. The number of allylic oxidation sites excluding steroid dienone is 1. The molecule has 1 heterocycles. The van der Waals surface area contributed by atoms with E-state index in [0.717, 1.165) is 49.0 Å². The van der Waals surface area contributed by atoms with Gasteiger partial charge < -0.3 is 14.9 Å². The van der Waals surface area contributed by atoms with Gasteiger partial charge in [0.05, 0.1) is 6.61 Å². The Hall–Kier alpha value is -1.62. The standard InChI is InChI=1S/C15H20N2O3/c18-9-13-12-8-11(6-7-14(12)20-17-13)16-15(19)10-4-2-1-3-5-10/h4,11,18H,1-3,5-9H2,(H,16,19). The quantitative estimate of drug-likeness (QED) is 0.880. The van der Waals surface area contributed by atoms with Gasteiger partial charge in [-0.1, -0.05) is 11.2 Å². The lowest BCUT2D eigenvalue weighted by atomic mass is 9.91. The van der Waals surface area contributed by atoms with Crippen molar-refractivity contribution in [2.45, 2.75) is 57.6 Å². The normalized spacial score (nSPS) is 22.1. The molecule has 20 heavy (non-hydrogen) atoms. The first-order valence-electron chi connectivity index (χ1n) is 7.35. The minimum Gasteiger partial charge on any atom is -0.390 e. The minimum atomic E-state index is -0.106. The Kier molecular flexibility index (Phi) is 3.87. The summed E-state index contributed by atoms with van der Waals surface area (Å²) in [5.41, 5.74) is 2.51. The molecular weight excluding hydrogens is 256 g/mol. The minimum absolute atomic E-state index is 0.0696. The maximum absolute atomic E-state index is 12.2. The molecule has 1 amide bonds. The zero-order valence-electron chi connectivity index (χ0n) is 11.5. The highest BCUT2D eigenvalue weighted by Crippen LogP contribution is 2.25. The highest BCUT2D eigenvalue weighted by atomic mass is 16.5.